The summed E-state index contributed by atoms with van der Waals surface area (Å²) in [5, 5.41) is 11.7. The summed E-state index contributed by atoms with van der Waals surface area (Å²) in [6.45, 7) is 1.44. The third kappa shape index (κ3) is 8.02. The molecule has 0 amide bonds. The van der Waals surface area contributed by atoms with Crippen LogP contribution in [0.1, 0.15) is 16.7 Å². The Morgan fingerprint density at radius 3 is 1.59 bits per heavy atom. The first-order valence-electron chi connectivity index (χ1n) is 13.2. The van der Waals surface area contributed by atoms with Crippen molar-refractivity contribution in [3.63, 3.8) is 0 Å². The SMILES string of the molecule is O[C@@H]1C(OCc2ccccc2)[C@H](Sc2ccccc2)OC(COCc2ccccc2)[C@@H]1OCc1ccccc1. The van der Waals surface area contributed by atoms with Gasteiger partial charge in [0.25, 0.3) is 0 Å². The van der Waals surface area contributed by atoms with Crippen LogP contribution in [0.2, 0.25) is 0 Å². The van der Waals surface area contributed by atoms with Crippen LogP contribution >= 0.6 is 11.8 Å². The number of hydrogen-bond donors (Lipinski definition) is 1. The lowest BCUT2D eigenvalue weighted by molar-refractivity contribution is -0.240. The molecule has 1 aliphatic rings. The summed E-state index contributed by atoms with van der Waals surface area (Å²) in [5.41, 5.74) is 2.68. The van der Waals surface area contributed by atoms with Gasteiger partial charge >= 0.3 is 0 Å². The van der Waals surface area contributed by atoms with E-state index in [2.05, 4.69) is 0 Å². The van der Waals surface area contributed by atoms with Crippen LogP contribution < -0.4 is 0 Å². The highest BCUT2D eigenvalue weighted by atomic mass is 32.2. The van der Waals surface area contributed by atoms with Gasteiger partial charge in [-0.25, -0.2) is 0 Å². The summed E-state index contributed by atoms with van der Waals surface area (Å²) in [5.74, 6) is 0. The molecule has 1 N–H and O–H groups in total. The van der Waals surface area contributed by atoms with Crippen molar-refractivity contribution in [3.8, 4) is 0 Å². The fourth-order valence-corrected chi connectivity index (χ4v) is 5.70. The van der Waals surface area contributed by atoms with Gasteiger partial charge in [0, 0.05) is 4.90 Å². The molecule has 0 radical (unpaired) electrons. The predicted octanol–water partition coefficient (Wildman–Crippen LogP) is 6.25. The molecule has 1 fully saturated rings. The molecule has 0 saturated carbocycles. The van der Waals surface area contributed by atoms with E-state index in [1.54, 1.807) is 11.8 Å². The van der Waals surface area contributed by atoms with Gasteiger partial charge in [-0.2, -0.15) is 0 Å². The lowest BCUT2D eigenvalue weighted by Crippen LogP contribution is -2.59. The quantitative estimate of drug-likeness (QED) is 0.228. The fraction of sp³-hybridized carbons (Fsp3) is 0.273. The van der Waals surface area contributed by atoms with E-state index >= 15 is 0 Å². The molecule has 0 aromatic heterocycles. The van der Waals surface area contributed by atoms with Gasteiger partial charge in [0.15, 0.2) is 0 Å². The summed E-state index contributed by atoms with van der Waals surface area (Å²) in [6.07, 6.45) is -2.64. The number of ether oxygens (including phenoxy) is 4. The third-order valence-electron chi connectivity index (χ3n) is 6.58. The Balaban J connectivity index is 1.35. The second-order valence-corrected chi connectivity index (χ2v) is 10.7. The molecule has 6 heteroatoms. The van der Waals surface area contributed by atoms with Gasteiger partial charge in [0.2, 0.25) is 0 Å². The van der Waals surface area contributed by atoms with Gasteiger partial charge in [-0.1, -0.05) is 121 Å². The lowest BCUT2D eigenvalue weighted by atomic mass is 9.99. The Kier molecular flexibility index (Phi) is 10.2. The highest BCUT2D eigenvalue weighted by Gasteiger charge is 2.47. The topological polar surface area (TPSA) is 57.2 Å². The monoisotopic (exact) mass is 542 g/mol. The van der Waals surface area contributed by atoms with Crippen molar-refractivity contribution in [2.24, 2.45) is 0 Å². The first kappa shape index (κ1) is 27.6. The Hall–Kier alpha value is -2.97. The summed E-state index contributed by atoms with van der Waals surface area (Å²) < 4.78 is 25.4. The van der Waals surface area contributed by atoms with Crippen LogP contribution in [0, 0.1) is 0 Å². The van der Waals surface area contributed by atoms with E-state index in [0.29, 0.717) is 19.8 Å². The van der Waals surface area contributed by atoms with E-state index < -0.39 is 29.9 Å². The number of aliphatic hydroxyl groups excluding tert-OH is 1. The Morgan fingerprint density at radius 1 is 0.590 bits per heavy atom. The van der Waals surface area contributed by atoms with Crippen LogP contribution in [0.15, 0.2) is 126 Å². The molecule has 0 bridgehead atoms. The van der Waals surface area contributed by atoms with E-state index in [1.807, 2.05) is 121 Å². The van der Waals surface area contributed by atoms with Crippen LogP contribution in [0.25, 0.3) is 0 Å². The number of benzene rings is 4. The molecule has 4 aromatic carbocycles. The van der Waals surface area contributed by atoms with Crippen molar-refractivity contribution in [1.82, 2.24) is 0 Å². The standard InChI is InChI=1S/C33H34O5S/c34-30-31(36-22-26-15-7-2-8-16-26)29(24-35-21-25-13-5-1-6-14-25)38-33(39-28-19-11-4-12-20-28)32(30)37-23-27-17-9-3-10-18-27/h1-20,29-34H,21-24H2/t29?,30-,31-,32?,33-/m0/s1. The molecule has 5 rings (SSSR count). The Bertz CT molecular complexity index is 1220. The first-order valence-corrected chi connectivity index (χ1v) is 14.1. The highest BCUT2D eigenvalue weighted by molar-refractivity contribution is 7.99. The minimum Gasteiger partial charge on any atom is -0.387 e. The third-order valence-corrected chi connectivity index (χ3v) is 7.73. The van der Waals surface area contributed by atoms with Crippen molar-refractivity contribution >= 4 is 11.8 Å². The van der Waals surface area contributed by atoms with E-state index in [-0.39, 0.29) is 6.61 Å². The van der Waals surface area contributed by atoms with Gasteiger partial charge < -0.3 is 24.1 Å². The molecule has 0 aliphatic carbocycles. The van der Waals surface area contributed by atoms with Crippen LogP contribution in [0.4, 0.5) is 0 Å². The number of thioether (sulfide) groups is 1. The molecule has 1 aliphatic heterocycles. The van der Waals surface area contributed by atoms with Gasteiger partial charge in [0.1, 0.15) is 29.9 Å². The zero-order chi connectivity index (χ0) is 26.7. The van der Waals surface area contributed by atoms with Crippen molar-refractivity contribution in [2.45, 2.75) is 54.6 Å². The molecule has 202 valence electrons. The largest absolute Gasteiger partial charge is 0.387 e. The second kappa shape index (κ2) is 14.4. The van der Waals surface area contributed by atoms with E-state index in [0.717, 1.165) is 21.6 Å². The smallest absolute Gasteiger partial charge is 0.137 e. The number of rotatable bonds is 12. The van der Waals surface area contributed by atoms with Gasteiger partial charge in [-0.15, -0.1) is 0 Å². The molecule has 5 atom stereocenters. The second-order valence-electron chi connectivity index (χ2n) is 9.49. The molecule has 2 unspecified atom stereocenters. The van der Waals surface area contributed by atoms with Crippen molar-refractivity contribution in [3.05, 3.63) is 138 Å². The average Bonchev–Trinajstić information content (AvgIpc) is 2.99. The van der Waals surface area contributed by atoms with Crippen LogP contribution in [-0.4, -0.2) is 41.6 Å². The summed E-state index contributed by atoms with van der Waals surface area (Å²) in [7, 11) is 0. The van der Waals surface area contributed by atoms with E-state index in [9.17, 15) is 5.11 Å². The first-order chi connectivity index (χ1) is 19.3. The molecule has 39 heavy (non-hydrogen) atoms. The fourth-order valence-electron chi connectivity index (χ4n) is 4.54. The Morgan fingerprint density at radius 2 is 1.05 bits per heavy atom. The molecular formula is C33H34O5S. The summed E-state index contributed by atoms with van der Waals surface area (Å²) in [4.78, 5) is 1.04. The molecule has 4 aromatic rings. The normalized spacial score (nSPS) is 22.9. The minimum absolute atomic E-state index is 0.280. The maximum atomic E-state index is 11.7. The van der Waals surface area contributed by atoms with Crippen LogP contribution in [0.3, 0.4) is 0 Å². The highest BCUT2D eigenvalue weighted by Crippen LogP contribution is 2.36. The van der Waals surface area contributed by atoms with Crippen molar-refractivity contribution in [2.75, 3.05) is 6.61 Å². The average molecular weight is 543 g/mol. The minimum atomic E-state index is -0.919. The molecule has 0 spiro atoms. The zero-order valence-electron chi connectivity index (χ0n) is 21.8. The molecule has 1 heterocycles. The van der Waals surface area contributed by atoms with E-state index in [1.165, 1.54) is 0 Å². The van der Waals surface area contributed by atoms with Crippen LogP contribution in [-0.2, 0) is 38.8 Å². The van der Waals surface area contributed by atoms with Crippen LogP contribution in [0.5, 0.6) is 0 Å². The van der Waals surface area contributed by atoms with E-state index in [4.69, 9.17) is 18.9 Å². The van der Waals surface area contributed by atoms with Crippen molar-refractivity contribution < 1.29 is 24.1 Å². The number of hydrogen-bond acceptors (Lipinski definition) is 6. The molecule has 5 nitrogen and oxygen atoms in total. The summed E-state index contributed by atoms with van der Waals surface area (Å²) >= 11 is 1.54. The van der Waals surface area contributed by atoms with Gasteiger partial charge in [-0.3, -0.25) is 0 Å². The van der Waals surface area contributed by atoms with Gasteiger partial charge in [0.05, 0.1) is 26.4 Å². The maximum Gasteiger partial charge on any atom is 0.137 e. The van der Waals surface area contributed by atoms with Gasteiger partial charge in [-0.05, 0) is 28.8 Å². The summed E-state index contributed by atoms with van der Waals surface area (Å²) in [6, 6.07) is 40.0. The zero-order valence-corrected chi connectivity index (χ0v) is 22.6. The predicted molar refractivity (Wildman–Crippen MR) is 153 cm³/mol. The molecular weight excluding hydrogens is 508 g/mol. The maximum absolute atomic E-state index is 11.7. The number of aliphatic hydroxyl groups is 1. The molecule has 1 saturated heterocycles. The lowest BCUT2D eigenvalue weighted by Gasteiger charge is -2.44. The van der Waals surface area contributed by atoms with Crippen molar-refractivity contribution in [1.29, 1.82) is 0 Å². The Labute approximate surface area is 234 Å².